The van der Waals surface area contributed by atoms with Gasteiger partial charge in [0.1, 0.15) is 17.0 Å². The number of hydrogen-bond donors (Lipinski definition) is 1. The van der Waals surface area contributed by atoms with Crippen LogP contribution in [0.2, 0.25) is 10.2 Å². The summed E-state index contributed by atoms with van der Waals surface area (Å²) < 4.78 is 5.60. The van der Waals surface area contributed by atoms with Crippen molar-refractivity contribution in [3.63, 3.8) is 0 Å². The zero-order valence-electron chi connectivity index (χ0n) is 9.68. The van der Waals surface area contributed by atoms with Crippen LogP contribution < -0.4 is 0 Å². The number of aromatic nitrogens is 1. The maximum atomic E-state index is 10.3. The van der Waals surface area contributed by atoms with Gasteiger partial charge < -0.3 is 9.52 Å². The van der Waals surface area contributed by atoms with Gasteiger partial charge in [-0.1, -0.05) is 41.4 Å². The number of nitrogens with zero attached hydrogens (tertiary/aromatic N) is 1. The summed E-state index contributed by atoms with van der Waals surface area (Å²) in [6, 6.07) is 10.5. The van der Waals surface area contributed by atoms with Crippen LogP contribution >= 0.6 is 23.2 Å². The molecule has 0 radical (unpaired) electrons. The summed E-state index contributed by atoms with van der Waals surface area (Å²) in [5, 5.41) is 12.0. The Bertz CT molecular complexity index is 722. The molecule has 2 heterocycles. The Hall–Kier alpha value is -1.55. The number of fused-ring (bicyclic) bond motifs is 1. The fraction of sp³-hybridized carbons (Fsp3) is 0.0714. The van der Waals surface area contributed by atoms with E-state index >= 15 is 0 Å². The zero-order valence-corrected chi connectivity index (χ0v) is 11.2. The van der Waals surface area contributed by atoms with Crippen molar-refractivity contribution in [2.75, 3.05) is 0 Å². The van der Waals surface area contributed by atoms with E-state index in [-0.39, 0.29) is 0 Å². The van der Waals surface area contributed by atoms with Gasteiger partial charge in [-0.05, 0) is 18.2 Å². The van der Waals surface area contributed by atoms with Gasteiger partial charge in [-0.15, -0.1) is 0 Å². The predicted molar refractivity (Wildman–Crippen MR) is 74.5 cm³/mol. The molecule has 1 aromatic carbocycles. The van der Waals surface area contributed by atoms with Crippen molar-refractivity contribution in [1.29, 1.82) is 0 Å². The molecule has 0 fully saturated rings. The van der Waals surface area contributed by atoms with Crippen LogP contribution in [-0.2, 0) is 0 Å². The maximum absolute atomic E-state index is 10.3. The average Bonchev–Trinajstić information content (AvgIpc) is 2.84. The number of halogens is 2. The van der Waals surface area contributed by atoms with Gasteiger partial charge >= 0.3 is 0 Å². The van der Waals surface area contributed by atoms with Gasteiger partial charge in [0, 0.05) is 17.1 Å². The molecule has 1 unspecified atom stereocenters. The fourth-order valence-electron chi connectivity index (χ4n) is 1.90. The molecule has 96 valence electrons. The number of benzene rings is 1. The van der Waals surface area contributed by atoms with Crippen molar-refractivity contribution >= 4 is 34.2 Å². The zero-order chi connectivity index (χ0) is 13.4. The summed E-state index contributed by atoms with van der Waals surface area (Å²) in [6.07, 6.45) is 0.621. The highest BCUT2D eigenvalue weighted by Crippen LogP contribution is 2.31. The molecule has 3 nitrogen and oxygen atoms in total. The monoisotopic (exact) mass is 293 g/mol. The molecule has 0 aliphatic rings. The molecule has 0 amide bonds. The van der Waals surface area contributed by atoms with Crippen LogP contribution in [0.1, 0.15) is 17.4 Å². The van der Waals surface area contributed by atoms with Gasteiger partial charge in [0.25, 0.3) is 0 Å². The number of aliphatic hydroxyl groups is 1. The normalized spacial score (nSPS) is 12.8. The lowest BCUT2D eigenvalue weighted by Gasteiger charge is -2.06. The second-order valence-electron chi connectivity index (χ2n) is 4.12. The molecule has 1 atom stereocenters. The van der Waals surface area contributed by atoms with E-state index in [0.29, 0.717) is 27.1 Å². The topological polar surface area (TPSA) is 46.3 Å². The number of rotatable bonds is 2. The molecule has 0 saturated heterocycles. The Kier molecular flexibility index (Phi) is 3.19. The summed E-state index contributed by atoms with van der Waals surface area (Å²) >= 11 is 11.8. The van der Waals surface area contributed by atoms with Crippen molar-refractivity contribution in [3.8, 4) is 0 Å². The molecule has 5 heteroatoms. The van der Waals surface area contributed by atoms with Crippen LogP contribution in [0.15, 0.2) is 47.0 Å². The smallest absolute Gasteiger partial charge is 0.153 e. The Balaban J connectivity index is 2.04. The molecule has 3 rings (SSSR count). The number of hydrogen-bond acceptors (Lipinski definition) is 3. The van der Waals surface area contributed by atoms with Crippen molar-refractivity contribution in [2.45, 2.75) is 6.10 Å². The summed E-state index contributed by atoms with van der Waals surface area (Å²) in [6.45, 7) is 0. The second-order valence-corrected chi connectivity index (χ2v) is 4.92. The molecule has 0 spiro atoms. The summed E-state index contributed by atoms with van der Waals surface area (Å²) in [7, 11) is 0. The van der Waals surface area contributed by atoms with Gasteiger partial charge in [-0.2, -0.15) is 0 Å². The van der Waals surface area contributed by atoms with Crippen molar-refractivity contribution in [1.82, 2.24) is 4.98 Å². The van der Waals surface area contributed by atoms with E-state index in [2.05, 4.69) is 4.98 Å². The molecular formula is C14H9Cl2NO2. The minimum absolute atomic E-state index is 0.378. The Labute approximate surface area is 119 Å². The number of furan rings is 1. The summed E-state index contributed by atoms with van der Waals surface area (Å²) in [5.41, 5.74) is 1.18. The number of para-hydroxylation sites is 1. The first kappa shape index (κ1) is 12.5. The van der Waals surface area contributed by atoms with Gasteiger partial charge in [-0.25, -0.2) is 4.98 Å². The van der Waals surface area contributed by atoms with E-state index < -0.39 is 6.10 Å². The third kappa shape index (κ3) is 2.32. The van der Waals surface area contributed by atoms with Crippen molar-refractivity contribution in [3.05, 3.63) is 64.1 Å². The quantitative estimate of drug-likeness (QED) is 0.720. The second kappa shape index (κ2) is 4.85. The molecule has 0 saturated carbocycles. The van der Waals surface area contributed by atoms with Gasteiger partial charge in [0.05, 0.1) is 5.02 Å². The van der Waals surface area contributed by atoms with E-state index in [4.69, 9.17) is 27.6 Å². The highest BCUT2D eigenvalue weighted by molar-refractivity contribution is 6.34. The number of pyridine rings is 1. The van der Waals surface area contributed by atoms with Crippen molar-refractivity contribution in [2.24, 2.45) is 0 Å². The average molecular weight is 294 g/mol. The van der Waals surface area contributed by atoms with E-state index in [1.165, 1.54) is 6.20 Å². The molecule has 2 aromatic heterocycles. The summed E-state index contributed by atoms with van der Waals surface area (Å²) in [4.78, 5) is 3.93. The van der Waals surface area contributed by atoms with Crippen LogP contribution in [-0.4, -0.2) is 10.1 Å². The van der Waals surface area contributed by atoms with Crippen LogP contribution in [0.4, 0.5) is 0 Å². The van der Waals surface area contributed by atoms with Crippen LogP contribution in [0, 0.1) is 0 Å². The van der Waals surface area contributed by atoms with Crippen molar-refractivity contribution < 1.29 is 9.52 Å². The lowest BCUT2D eigenvalue weighted by atomic mass is 10.1. The fourth-order valence-corrected chi connectivity index (χ4v) is 2.23. The lowest BCUT2D eigenvalue weighted by Crippen LogP contribution is -1.98. The molecular weight excluding hydrogens is 285 g/mol. The highest BCUT2D eigenvalue weighted by atomic mass is 35.5. The third-order valence-electron chi connectivity index (χ3n) is 2.85. The largest absolute Gasteiger partial charge is 0.456 e. The van der Waals surface area contributed by atoms with Crippen LogP contribution in [0.25, 0.3) is 11.0 Å². The molecule has 3 aromatic rings. The summed E-state index contributed by atoms with van der Waals surface area (Å²) in [5.74, 6) is 0.423. The minimum atomic E-state index is -0.895. The third-order valence-corrected chi connectivity index (χ3v) is 3.37. The highest BCUT2D eigenvalue weighted by Gasteiger charge is 2.17. The Morgan fingerprint density at radius 2 is 2.00 bits per heavy atom. The van der Waals surface area contributed by atoms with Gasteiger partial charge in [0.2, 0.25) is 0 Å². The van der Waals surface area contributed by atoms with Gasteiger partial charge in [0.15, 0.2) is 5.58 Å². The first-order chi connectivity index (χ1) is 9.15. The first-order valence-corrected chi connectivity index (χ1v) is 6.38. The first-order valence-electron chi connectivity index (χ1n) is 5.62. The molecule has 0 bridgehead atoms. The Morgan fingerprint density at radius 1 is 1.16 bits per heavy atom. The van der Waals surface area contributed by atoms with E-state index in [1.807, 2.05) is 12.1 Å². The van der Waals surface area contributed by atoms with E-state index in [1.54, 1.807) is 24.3 Å². The molecule has 1 N–H and O–H groups in total. The predicted octanol–water partition coefficient (Wildman–Crippen LogP) is 4.22. The number of aliphatic hydroxyl groups excluding tert-OH is 1. The molecule has 0 aliphatic heterocycles. The SMILES string of the molecule is OC(c1ccc(Cl)nc1)c1cc2cccc(Cl)c2o1. The van der Waals surface area contributed by atoms with Crippen LogP contribution in [0.5, 0.6) is 0 Å². The maximum Gasteiger partial charge on any atom is 0.153 e. The Morgan fingerprint density at radius 3 is 2.68 bits per heavy atom. The van der Waals surface area contributed by atoms with E-state index in [9.17, 15) is 5.11 Å². The standard InChI is InChI=1S/C14H9Cl2NO2/c15-10-3-1-2-8-6-11(19-14(8)10)13(18)9-4-5-12(16)17-7-9/h1-7,13,18H. The lowest BCUT2D eigenvalue weighted by molar-refractivity contribution is 0.192. The van der Waals surface area contributed by atoms with Crippen LogP contribution in [0.3, 0.4) is 0 Å². The molecule has 0 aliphatic carbocycles. The minimum Gasteiger partial charge on any atom is -0.456 e. The van der Waals surface area contributed by atoms with E-state index in [0.717, 1.165) is 5.39 Å². The molecule has 19 heavy (non-hydrogen) atoms. The van der Waals surface area contributed by atoms with Gasteiger partial charge in [-0.3, -0.25) is 0 Å².